The summed E-state index contributed by atoms with van der Waals surface area (Å²) in [6, 6.07) is 0.175. The summed E-state index contributed by atoms with van der Waals surface area (Å²) < 4.78 is 5.36. The van der Waals surface area contributed by atoms with Gasteiger partial charge in [-0.15, -0.1) is 0 Å². The summed E-state index contributed by atoms with van der Waals surface area (Å²) in [5.74, 6) is -0.760. The molecule has 0 bridgehead atoms. The highest BCUT2D eigenvalue weighted by Gasteiger charge is 2.33. The van der Waals surface area contributed by atoms with Gasteiger partial charge >= 0.3 is 5.97 Å². The number of carboxylic acid groups (broad SMARTS) is 1. The predicted octanol–water partition coefficient (Wildman–Crippen LogP) is 1.72. The van der Waals surface area contributed by atoms with Crippen molar-refractivity contribution in [3.8, 4) is 0 Å². The van der Waals surface area contributed by atoms with Crippen LogP contribution in [0.3, 0.4) is 0 Å². The van der Waals surface area contributed by atoms with Gasteiger partial charge in [0, 0.05) is 26.2 Å². The number of aliphatic carboxylic acids is 1. The van der Waals surface area contributed by atoms with E-state index in [1.54, 1.807) is 14.0 Å². The largest absolute Gasteiger partial charge is 0.480 e. The zero-order valence-corrected chi connectivity index (χ0v) is 13.3. The molecule has 1 aliphatic heterocycles. The summed E-state index contributed by atoms with van der Waals surface area (Å²) in [5.41, 5.74) is -0.820. The highest BCUT2D eigenvalue weighted by molar-refractivity contribution is 5.78. The number of ether oxygens (including phenoxy) is 1. The van der Waals surface area contributed by atoms with Crippen LogP contribution in [0.5, 0.6) is 0 Å². The van der Waals surface area contributed by atoms with Gasteiger partial charge < -0.3 is 14.7 Å². The molecule has 118 valence electrons. The first kappa shape index (κ1) is 17.4. The van der Waals surface area contributed by atoms with E-state index in [-0.39, 0.29) is 6.04 Å². The number of piperidine rings is 1. The van der Waals surface area contributed by atoms with Crippen LogP contribution in [0, 0.1) is 0 Å². The Balaban J connectivity index is 2.33. The molecule has 5 nitrogen and oxygen atoms in total. The molecule has 20 heavy (non-hydrogen) atoms. The smallest absolute Gasteiger partial charge is 0.323 e. The Kier molecular flexibility index (Phi) is 6.92. The van der Waals surface area contributed by atoms with E-state index in [1.165, 1.54) is 0 Å². The Labute approximate surface area is 122 Å². The number of hydrogen-bond acceptors (Lipinski definition) is 4. The van der Waals surface area contributed by atoms with Gasteiger partial charge in [-0.3, -0.25) is 10.1 Å². The number of hydrogen-bond donors (Lipinski definition) is 2. The van der Waals surface area contributed by atoms with Crippen molar-refractivity contribution >= 4 is 5.97 Å². The third kappa shape index (κ3) is 5.38. The standard InChI is InChI=1S/C15H30N2O3/c1-12(2)16-15(3,14(18)19)8-5-9-17-10-6-13(20-4)7-11-17/h12-13,16H,5-11H2,1-4H3,(H,18,19). The van der Waals surface area contributed by atoms with Crippen LogP contribution in [-0.2, 0) is 9.53 Å². The quantitative estimate of drug-likeness (QED) is 0.711. The molecule has 1 fully saturated rings. The van der Waals surface area contributed by atoms with Gasteiger partial charge in [-0.2, -0.15) is 0 Å². The molecule has 0 spiro atoms. The first-order valence-corrected chi connectivity index (χ1v) is 7.63. The van der Waals surface area contributed by atoms with Crippen LogP contribution < -0.4 is 5.32 Å². The van der Waals surface area contributed by atoms with Crippen molar-refractivity contribution < 1.29 is 14.6 Å². The minimum Gasteiger partial charge on any atom is -0.480 e. The second kappa shape index (κ2) is 7.96. The van der Waals surface area contributed by atoms with Crippen LogP contribution in [0.15, 0.2) is 0 Å². The van der Waals surface area contributed by atoms with Crippen LogP contribution in [0.1, 0.15) is 46.5 Å². The summed E-state index contributed by atoms with van der Waals surface area (Å²) in [6.07, 6.45) is 4.12. The van der Waals surface area contributed by atoms with E-state index in [0.717, 1.165) is 38.9 Å². The van der Waals surface area contributed by atoms with E-state index < -0.39 is 11.5 Å². The monoisotopic (exact) mass is 286 g/mol. The summed E-state index contributed by atoms with van der Waals surface area (Å²) >= 11 is 0. The molecule has 1 unspecified atom stereocenters. The van der Waals surface area contributed by atoms with E-state index in [9.17, 15) is 9.90 Å². The van der Waals surface area contributed by atoms with E-state index in [2.05, 4.69) is 10.2 Å². The maximum atomic E-state index is 11.4. The number of nitrogens with one attached hydrogen (secondary N) is 1. The Bertz CT molecular complexity index is 301. The number of nitrogens with zero attached hydrogens (tertiary/aromatic N) is 1. The highest BCUT2D eigenvalue weighted by atomic mass is 16.5. The van der Waals surface area contributed by atoms with E-state index in [1.807, 2.05) is 13.8 Å². The lowest BCUT2D eigenvalue weighted by Gasteiger charge is -2.33. The number of methoxy groups -OCH3 is 1. The molecular weight excluding hydrogens is 256 g/mol. The van der Waals surface area contributed by atoms with E-state index in [4.69, 9.17) is 4.74 Å². The zero-order valence-electron chi connectivity index (χ0n) is 13.3. The van der Waals surface area contributed by atoms with Gasteiger partial charge in [-0.05, 0) is 53.0 Å². The molecule has 2 N–H and O–H groups in total. The maximum absolute atomic E-state index is 11.4. The molecule has 0 radical (unpaired) electrons. The lowest BCUT2D eigenvalue weighted by molar-refractivity contribution is -0.144. The van der Waals surface area contributed by atoms with Crippen LogP contribution in [0.2, 0.25) is 0 Å². The lowest BCUT2D eigenvalue weighted by Crippen LogP contribution is -2.52. The molecular formula is C15H30N2O3. The van der Waals surface area contributed by atoms with Gasteiger partial charge in [-0.25, -0.2) is 0 Å². The van der Waals surface area contributed by atoms with Crippen molar-refractivity contribution in [1.82, 2.24) is 10.2 Å². The molecule has 0 aromatic rings. The molecule has 0 amide bonds. The third-order valence-electron chi connectivity index (χ3n) is 4.10. The molecule has 0 aromatic heterocycles. The van der Waals surface area contributed by atoms with Crippen LogP contribution in [0.4, 0.5) is 0 Å². The van der Waals surface area contributed by atoms with E-state index in [0.29, 0.717) is 12.5 Å². The molecule has 1 saturated heterocycles. The fraction of sp³-hybridized carbons (Fsp3) is 0.933. The minimum absolute atomic E-state index is 0.175. The van der Waals surface area contributed by atoms with Crippen molar-refractivity contribution in [2.45, 2.75) is 64.1 Å². The van der Waals surface area contributed by atoms with Crippen LogP contribution in [-0.4, -0.2) is 60.4 Å². The second-order valence-electron chi connectivity index (χ2n) is 6.32. The molecule has 0 aromatic carbocycles. The van der Waals surface area contributed by atoms with Gasteiger partial charge in [0.05, 0.1) is 6.10 Å². The van der Waals surface area contributed by atoms with Crippen LogP contribution in [0.25, 0.3) is 0 Å². The van der Waals surface area contributed by atoms with Crippen molar-refractivity contribution in [3.05, 3.63) is 0 Å². The SMILES string of the molecule is COC1CCN(CCCC(C)(NC(C)C)C(=O)O)CC1. The third-order valence-corrected chi connectivity index (χ3v) is 4.10. The number of rotatable bonds is 8. The molecule has 0 aliphatic carbocycles. The average molecular weight is 286 g/mol. The fourth-order valence-corrected chi connectivity index (χ4v) is 2.90. The van der Waals surface area contributed by atoms with Crippen molar-refractivity contribution in [2.75, 3.05) is 26.7 Å². The molecule has 1 aliphatic rings. The minimum atomic E-state index is -0.820. The summed E-state index contributed by atoms with van der Waals surface area (Å²) in [5, 5.41) is 12.6. The Hall–Kier alpha value is -0.650. The highest BCUT2D eigenvalue weighted by Crippen LogP contribution is 2.17. The zero-order chi connectivity index (χ0) is 15.2. The number of carboxylic acids is 1. The maximum Gasteiger partial charge on any atom is 0.323 e. The lowest BCUT2D eigenvalue weighted by atomic mass is 9.94. The van der Waals surface area contributed by atoms with Gasteiger partial charge in [0.25, 0.3) is 0 Å². The predicted molar refractivity (Wildman–Crippen MR) is 80.0 cm³/mol. The van der Waals surface area contributed by atoms with Crippen molar-refractivity contribution in [3.63, 3.8) is 0 Å². The normalized spacial score (nSPS) is 21.1. The van der Waals surface area contributed by atoms with Crippen molar-refractivity contribution in [1.29, 1.82) is 0 Å². The number of likely N-dealkylation sites (tertiary alicyclic amines) is 1. The van der Waals surface area contributed by atoms with Gasteiger partial charge in [0.1, 0.15) is 5.54 Å². The first-order valence-electron chi connectivity index (χ1n) is 7.63. The van der Waals surface area contributed by atoms with E-state index >= 15 is 0 Å². The van der Waals surface area contributed by atoms with Gasteiger partial charge in [-0.1, -0.05) is 0 Å². The molecule has 1 atom stereocenters. The topological polar surface area (TPSA) is 61.8 Å². The van der Waals surface area contributed by atoms with Gasteiger partial charge in [0.15, 0.2) is 0 Å². The summed E-state index contributed by atoms with van der Waals surface area (Å²) in [4.78, 5) is 13.8. The fourth-order valence-electron chi connectivity index (χ4n) is 2.90. The Morgan fingerprint density at radius 3 is 2.50 bits per heavy atom. The van der Waals surface area contributed by atoms with Gasteiger partial charge in [0.2, 0.25) is 0 Å². The summed E-state index contributed by atoms with van der Waals surface area (Å²) in [6.45, 7) is 8.83. The molecule has 1 rings (SSSR count). The number of carbonyl (C=O) groups is 1. The average Bonchev–Trinajstić information content (AvgIpc) is 2.38. The molecule has 5 heteroatoms. The second-order valence-corrected chi connectivity index (χ2v) is 6.32. The summed E-state index contributed by atoms with van der Waals surface area (Å²) in [7, 11) is 1.77. The van der Waals surface area contributed by atoms with Crippen LogP contribution >= 0.6 is 0 Å². The Morgan fingerprint density at radius 2 is 2.05 bits per heavy atom. The molecule has 0 saturated carbocycles. The molecule has 1 heterocycles. The Morgan fingerprint density at radius 1 is 1.45 bits per heavy atom. The first-order chi connectivity index (χ1) is 9.37. The van der Waals surface area contributed by atoms with Crippen molar-refractivity contribution in [2.24, 2.45) is 0 Å².